The molecule has 0 bridgehead atoms. The van der Waals surface area contributed by atoms with E-state index in [0.717, 1.165) is 12.0 Å². The van der Waals surface area contributed by atoms with Gasteiger partial charge in [0, 0.05) is 5.56 Å². The maximum absolute atomic E-state index is 13.6. The molecule has 27 heavy (non-hydrogen) atoms. The molecule has 0 N–H and O–H groups in total. The molecular weight excluding hydrogens is 337 g/mol. The van der Waals surface area contributed by atoms with Crippen molar-refractivity contribution in [1.29, 1.82) is 5.26 Å². The van der Waals surface area contributed by atoms with Gasteiger partial charge in [0.05, 0.1) is 6.20 Å². The molecule has 0 amide bonds. The van der Waals surface area contributed by atoms with Crippen LogP contribution >= 0.6 is 0 Å². The van der Waals surface area contributed by atoms with Crippen LogP contribution in [0.5, 0.6) is 0 Å². The van der Waals surface area contributed by atoms with Gasteiger partial charge in [-0.05, 0) is 18.4 Å². The molecule has 0 unspecified atom stereocenters. The summed E-state index contributed by atoms with van der Waals surface area (Å²) in [6.45, 7) is 2.26. The van der Waals surface area contributed by atoms with Crippen LogP contribution < -0.4 is 0 Å². The molecule has 0 atom stereocenters. The van der Waals surface area contributed by atoms with Crippen LogP contribution in [0.3, 0.4) is 0 Å². The highest BCUT2D eigenvalue weighted by atomic mass is 19.1. The Balaban J connectivity index is 1.66. The number of nitrogens with zero attached hydrogens (tertiary/aromatic N) is 3. The molecule has 3 nitrogen and oxygen atoms in total. The number of hydrogen-bond acceptors (Lipinski definition) is 3. The minimum atomic E-state index is -0.767. The van der Waals surface area contributed by atoms with Gasteiger partial charge in [0.25, 0.3) is 0 Å². The van der Waals surface area contributed by atoms with Crippen LogP contribution in [0.2, 0.25) is 0 Å². The number of benzene rings is 1. The molecule has 2 rings (SSSR count). The van der Waals surface area contributed by atoms with E-state index >= 15 is 0 Å². The minimum absolute atomic E-state index is 0.128. The summed E-state index contributed by atoms with van der Waals surface area (Å²) >= 11 is 0. The molecule has 0 radical (unpaired) electrons. The topological polar surface area (TPSA) is 49.6 Å². The van der Waals surface area contributed by atoms with E-state index in [0.29, 0.717) is 5.82 Å². The van der Waals surface area contributed by atoms with Crippen molar-refractivity contribution in [1.82, 2.24) is 9.97 Å². The lowest BCUT2D eigenvalue weighted by Gasteiger charge is -2.05. The fraction of sp³-hybridized carbons (Fsp3) is 0.522. The molecule has 0 spiro atoms. The van der Waals surface area contributed by atoms with Crippen LogP contribution in [0, 0.1) is 17.3 Å². The fourth-order valence-electron chi connectivity index (χ4n) is 3.21. The van der Waals surface area contributed by atoms with Gasteiger partial charge in [-0.25, -0.2) is 4.98 Å². The third-order valence-electron chi connectivity index (χ3n) is 4.89. The average molecular weight is 368 g/mol. The zero-order valence-electron chi connectivity index (χ0n) is 16.4. The van der Waals surface area contributed by atoms with E-state index in [9.17, 15) is 4.39 Å². The average Bonchev–Trinajstić information content (AvgIpc) is 2.70. The van der Waals surface area contributed by atoms with E-state index in [1.807, 2.05) is 12.1 Å². The molecule has 0 saturated heterocycles. The van der Waals surface area contributed by atoms with Crippen LogP contribution in [-0.2, 0) is 6.42 Å². The molecule has 144 valence electrons. The summed E-state index contributed by atoms with van der Waals surface area (Å²) in [6.07, 6.45) is 15.7. The lowest BCUT2D eigenvalue weighted by Crippen LogP contribution is -1.96. The molecular formula is C23H30FN3. The van der Waals surface area contributed by atoms with E-state index in [2.05, 4.69) is 29.0 Å². The quantitative estimate of drug-likeness (QED) is 0.313. The molecule has 0 aliphatic heterocycles. The van der Waals surface area contributed by atoms with Crippen LogP contribution in [0.1, 0.15) is 82.3 Å². The molecule has 1 aromatic carbocycles. The van der Waals surface area contributed by atoms with Gasteiger partial charge in [0.1, 0.15) is 11.6 Å². The predicted octanol–water partition coefficient (Wildman–Crippen LogP) is 6.62. The SMILES string of the molecule is CCCCCCCCCCCCc1ccc(-c2ncc(C#N)c(F)n2)cc1. The summed E-state index contributed by atoms with van der Waals surface area (Å²) in [5.74, 6) is -0.450. The van der Waals surface area contributed by atoms with Gasteiger partial charge >= 0.3 is 0 Å². The lowest BCUT2D eigenvalue weighted by molar-refractivity contribution is 0.556. The number of rotatable bonds is 12. The van der Waals surface area contributed by atoms with Gasteiger partial charge in [-0.15, -0.1) is 0 Å². The van der Waals surface area contributed by atoms with Crippen molar-refractivity contribution in [3.8, 4) is 17.5 Å². The van der Waals surface area contributed by atoms with Crippen molar-refractivity contribution < 1.29 is 4.39 Å². The van der Waals surface area contributed by atoms with Crippen LogP contribution in [0.15, 0.2) is 30.5 Å². The van der Waals surface area contributed by atoms with E-state index in [1.54, 1.807) is 6.07 Å². The second-order valence-electron chi connectivity index (χ2n) is 7.14. The first-order chi connectivity index (χ1) is 13.2. The monoisotopic (exact) mass is 367 g/mol. The number of aryl methyl sites for hydroxylation is 1. The van der Waals surface area contributed by atoms with Gasteiger partial charge in [-0.2, -0.15) is 14.6 Å². The summed E-state index contributed by atoms with van der Waals surface area (Å²) in [4.78, 5) is 7.83. The van der Waals surface area contributed by atoms with Gasteiger partial charge in [0.15, 0.2) is 5.82 Å². The maximum Gasteiger partial charge on any atom is 0.234 e. The van der Waals surface area contributed by atoms with Crippen LogP contribution in [0.25, 0.3) is 11.4 Å². The Kier molecular flexibility index (Phi) is 9.48. The fourth-order valence-corrected chi connectivity index (χ4v) is 3.21. The van der Waals surface area contributed by atoms with E-state index < -0.39 is 5.95 Å². The molecule has 2 aromatic rings. The summed E-state index contributed by atoms with van der Waals surface area (Å²) in [7, 11) is 0. The summed E-state index contributed by atoms with van der Waals surface area (Å²) in [5.41, 5.74) is 1.92. The van der Waals surface area contributed by atoms with Crippen molar-refractivity contribution in [3.05, 3.63) is 47.5 Å². The molecule has 4 heteroatoms. The Morgan fingerprint density at radius 1 is 0.889 bits per heavy atom. The Morgan fingerprint density at radius 2 is 1.48 bits per heavy atom. The van der Waals surface area contributed by atoms with Crippen molar-refractivity contribution in [3.63, 3.8) is 0 Å². The van der Waals surface area contributed by atoms with Crippen molar-refractivity contribution in [2.24, 2.45) is 0 Å². The molecule has 0 aliphatic rings. The van der Waals surface area contributed by atoms with Gasteiger partial charge in [-0.1, -0.05) is 89.0 Å². The molecule has 0 fully saturated rings. The standard InChI is InChI=1S/C23H30FN3/c1-2-3-4-5-6-7-8-9-10-11-12-19-13-15-20(16-14-19)23-26-18-21(17-25)22(24)27-23/h13-16,18H,2-12H2,1H3. The lowest BCUT2D eigenvalue weighted by atomic mass is 10.0. The smallest absolute Gasteiger partial charge is 0.234 e. The van der Waals surface area contributed by atoms with E-state index in [4.69, 9.17) is 5.26 Å². The Labute approximate surface area is 162 Å². The number of halogens is 1. The van der Waals surface area contributed by atoms with Gasteiger partial charge in [0.2, 0.25) is 5.95 Å². The number of unbranched alkanes of at least 4 members (excludes halogenated alkanes) is 9. The normalized spacial score (nSPS) is 10.7. The predicted molar refractivity (Wildman–Crippen MR) is 108 cm³/mol. The van der Waals surface area contributed by atoms with Crippen molar-refractivity contribution in [2.75, 3.05) is 0 Å². The second-order valence-corrected chi connectivity index (χ2v) is 7.14. The van der Waals surface area contributed by atoms with Crippen molar-refractivity contribution >= 4 is 0 Å². The largest absolute Gasteiger partial charge is 0.235 e. The van der Waals surface area contributed by atoms with Crippen molar-refractivity contribution in [2.45, 2.75) is 77.6 Å². The molecule has 1 heterocycles. The summed E-state index contributed by atoms with van der Waals surface area (Å²) in [5, 5.41) is 8.74. The second kappa shape index (κ2) is 12.2. The van der Waals surface area contributed by atoms with E-state index in [-0.39, 0.29) is 5.56 Å². The minimum Gasteiger partial charge on any atom is -0.235 e. The molecule has 0 saturated carbocycles. The summed E-state index contributed by atoms with van der Waals surface area (Å²) in [6, 6.07) is 9.70. The van der Waals surface area contributed by atoms with Gasteiger partial charge in [-0.3, -0.25) is 0 Å². The van der Waals surface area contributed by atoms with Crippen LogP contribution in [-0.4, -0.2) is 9.97 Å². The first-order valence-electron chi connectivity index (χ1n) is 10.3. The van der Waals surface area contributed by atoms with Crippen LogP contribution in [0.4, 0.5) is 4.39 Å². The third kappa shape index (κ3) is 7.46. The number of aromatic nitrogens is 2. The zero-order chi connectivity index (χ0) is 19.3. The third-order valence-corrected chi connectivity index (χ3v) is 4.89. The highest BCUT2D eigenvalue weighted by molar-refractivity contribution is 5.55. The maximum atomic E-state index is 13.6. The number of nitriles is 1. The Bertz CT molecular complexity index is 719. The Morgan fingerprint density at radius 3 is 2.04 bits per heavy atom. The molecule has 0 aliphatic carbocycles. The van der Waals surface area contributed by atoms with Gasteiger partial charge < -0.3 is 0 Å². The molecule has 1 aromatic heterocycles. The first kappa shape index (κ1) is 21.0. The highest BCUT2D eigenvalue weighted by Crippen LogP contribution is 2.18. The highest BCUT2D eigenvalue weighted by Gasteiger charge is 2.07. The van der Waals surface area contributed by atoms with E-state index in [1.165, 1.54) is 76.0 Å². The zero-order valence-corrected chi connectivity index (χ0v) is 16.4. The first-order valence-corrected chi connectivity index (χ1v) is 10.3. The summed E-state index contributed by atoms with van der Waals surface area (Å²) < 4.78 is 13.6. The number of hydrogen-bond donors (Lipinski definition) is 0. The Hall–Kier alpha value is -2.28.